The summed E-state index contributed by atoms with van der Waals surface area (Å²) < 4.78 is 27.5. The molecule has 0 bridgehead atoms. The first-order chi connectivity index (χ1) is 12.9. The Morgan fingerprint density at radius 2 is 1.96 bits per heavy atom. The average molecular weight is 388 g/mol. The van der Waals surface area contributed by atoms with E-state index >= 15 is 0 Å². The molecule has 0 saturated heterocycles. The Balaban J connectivity index is 1.51. The fraction of sp³-hybridized carbons (Fsp3) is 0.150. The molecule has 0 radical (unpaired) electrons. The third kappa shape index (κ3) is 3.17. The number of halogens is 3. The van der Waals surface area contributed by atoms with Crippen molar-refractivity contribution in [3.8, 4) is 0 Å². The number of carbonyl (C=O) groups excluding carboxylic acids is 1. The zero-order valence-electron chi connectivity index (χ0n) is 14.4. The van der Waals surface area contributed by atoms with Crippen molar-refractivity contribution < 1.29 is 13.6 Å². The van der Waals surface area contributed by atoms with Crippen LogP contribution in [0.1, 0.15) is 21.7 Å². The fourth-order valence-corrected chi connectivity index (χ4v) is 3.56. The molecule has 0 saturated carbocycles. The average Bonchev–Trinajstić information content (AvgIpc) is 3.20. The molecule has 4 rings (SSSR count). The van der Waals surface area contributed by atoms with Gasteiger partial charge in [0.25, 0.3) is 5.91 Å². The number of fused-ring (bicyclic) bond motifs is 2. The number of aromatic amines is 2. The molecular weight excluding hydrogens is 372 g/mol. The first-order valence-corrected chi connectivity index (χ1v) is 8.83. The lowest BCUT2D eigenvalue weighted by atomic mass is 10.1. The molecule has 3 N–H and O–H groups in total. The van der Waals surface area contributed by atoms with Gasteiger partial charge in [-0.25, -0.2) is 8.78 Å². The highest BCUT2D eigenvalue weighted by atomic mass is 35.5. The summed E-state index contributed by atoms with van der Waals surface area (Å²) in [5.74, 6) is -1.01. The molecule has 1 amide bonds. The monoisotopic (exact) mass is 387 g/mol. The minimum absolute atomic E-state index is 0.303. The Morgan fingerprint density at radius 1 is 1.15 bits per heavy atom. The molecule has 4 aromatic rings. The summed E-state index contributed by atoms with van der Waals surface area (Å²) >= 11 is 6.13. The SMILES string of the molecule is Cc1[nH]c2c(Cl)ccc(F)c2c1CCNC(=O)c1cc2cc(F)ccc2[nH]1. The van der Waals surface area contributed by atoms with E-state index in [9.17, 15) is 13.6 Å². The predicted molar refractivity (Wildman–Crippen MR) is 102 cm³/mol. The molecule has 0 fully saturated rings. The highest BCUT2D eigenvalue weighted by Crippen LogP contribution is 2.30. The van der Waals surface area contributed by atoms with Crippen molar-refractivity contribution in [3.05, 3.63) is 70.0 Å². The number of nitrogens with one attached hydrogen (secondary N) is 3. The van der Waals surface area contributed by atoms with Crippen LogP contribution in [0, 0.1) is 18.6 Å². The third-order valence-electron chi connectivity index (χ3n) is 4.66. The molecule has 0 spiro atoms. The molecule has 4 nitrogen and oxygen atoms in total. The van der Waals surface area contributed by atoms with Gasteiger partial charge in [-0.1, -0.05) is 11.6 Å². The zero-order valence-corrected chi connectivity index (χ0v) is 15.2. The van der Waals surface area contributed by atoms with Crippen LogP contribution in [0.2, 0.25) is 5.02 Å². The van der Waals surface area contributed by atoms with Gasteiger partial charge in [0.1, 0.15) is 17.3 Å². The highest BCUT2D eigenvalue weighted by molar-refractivity contribution is 6.35. The van der Waals surface area contributed by atoms with Crippen LogP contribution in [0.5, 0.6) is 0 Å². The van der Waals surface area contributed by atoms with Crippen molar-refractivity contribution in [1.82, 2.24) is 15.3 Å². The van der Waals surface area contributed by atoms with E-state index in [2.05, 4.69) is 15.3 Å². The first-order valence-electron chi connectivity index (χ1n) is 8.45. The van der Waals surface area contributed by atoms with Gasteiger partial charge in [0.2, 0.25) is 0 Å². The van der Waals surface area contributed by atoms with Crippen molar-refractivity contribution in [2.75, 3.05) is 6.54 Å². The van der Waals surface area contributed by atoms with Crippen molar-refractivity contribution in [2.45, 2.75) is 13.3 Å². The lowest BCUT2D eigenvalue weighted by molar-refractivity contribution is 0.0950. The predicted octanol–water partition coefficient (Wildman–Crippen LogP) is 4.86. The topological polar surface area (TPSA) is 60.7 Å². The standard InChI is InChI=1S/C20H16ClF2N3O/c1-10-13(18-15(23)4-3-14(21)19(18)25-10)6-7-24-20(27)17-9-11-8-12(22)2-5-16(11)26-17/h2-5,8-9,25-26H,6-7H2,1H3,(H,24,27). The van der Waals surface area contributed by atoms with Crippen LogP contribution < -0.4 is 5.32 Å². The van der Waals surface area contributed by atoms with Crippen LogP contribution in [0.25, 0.3) is 21.8 Å². The van der Waals surface area contributed by atoms with E-state index in [0.717, 1.165) is 11.3 Å². The maximum Gasteiger partial charge on any atom is 0.267 e. The van der Waals surface area contributed by atoms with Gasteiger partial charge in [-0.2, -0.15) is 0 Å². The largest absolute Gasteiger partial charge is 0.357 e. The molecule has 2 heterocycles. The summed E-state index contributed by atoms with van der Waals surface area (Å²) in [6, 6.07) is 8.74. The number of rotatable bonds is 4. The van der Waals surface area contributed by atoms with Gasteiger partial charge in [-0.05, 0) is 55.3 Å². The summed E-state index contributed by atoms with van der Waals surface area (Å²) in [6.45, 7) is 2.17. The number of amides is 1. The highest BCUT2D eigenvalue weighted by Gasteiger charge is 2.16. The van der Waals surface area contributed by atoms with E-state index in [-0.39, 0.29) is 17.5 Å². The van der Waals surface area contributed by atoms with Crippen molar-refractivity contribution in [1.29, 1.82) is 0 Å². The first kappa shape index (κ1) is 17.5. The minimum Gasteiger partial charge on any atom is -0.357 e. The van der Waals surface area contributed by atoms with Crippen LogP contribution in [-0.4, -0.2) is 22.4 Å². The molecular formula is C20H16ClF2N3O. The number of aryl methyl sites for hydroxylation is 1. The van der Waals surface area contributed by atoms with Gasteiger partial charge in [0.05, 0.1) is 10.5 Å². The number of hydrogen-bond donors (Lipinski definition) is 3. The van der Waals surface area contributed by atoms with Crippen LogP contribution in [0.3, 0.4) is 0 Å². The van der Waals surface area contributed by atoms with E-state index < -0.39 is 0 Å². The van der Waals surface area contributed by atoms with E-state index in [1.807, 2.05) is 6.92 Å². The Hall–Kier alpha value is -2.86. The Kier molecular flexibility index (Phi) is 4.36. The molecule has 7 heteroatoms. The van der Waals surface area contributed by atoms with Crippen molar-refractivity contribution in [3.63, 3.8) is 0 Å². The van der Waals surface area contributed by atoms with Crippen LogP contribution in [0.4, 0.5) is 8.78 Å². The fourth-order valence-electron chi connectivity index (χ4n) is 3.35. The Bertz CT molecular complexity index is 1180. The number of benzene rings is 2. The summed E-state index contributed by atoms with van der Waals surface area (Å²) in [6.07, 6.45) is 0.448. The second-order valence-corrected chi connectivity index (χ2v) is 6.84. The van der Waals surface area contributed by atoms with Crippen LogP contribution >= 0.6 is 11.6 Å². The molecule has 0 unspecified atom stereocenters. The quantitative estimate of drug-likeness (QED) is 0.460. The summed E-state index contributed by atoms with van der Waals surface area (Å²) in [4.78, 5) is 18.4. The Labute approximate surface area is 158 Å². The molecule has 0 aliphatic carbocycles. The van der Waals surface area contributed by atoms with Crippen LogP contribution in [-0.2, 0) is 6.42 Å². The summed E-state index contributed by atoms with van der Waals surface area (Å²) in [5.41, 5.74) is 3.19. The second-order valence-electron chi connectivity index (χ2n) is 6.43. The van der Waals surface area contributed by atoms with Gasteiger partial charge in [0.15, 0.2) is 0 Å². The normalized spacial score (nSPS) is 11.4. The summed E-state index contributed by atoms with van der Waals surface area (Å²) in [7, 11) is 0. The van der Waals surface area contributed by atoms with Crippen LogP contribution in [0.15, 0.2) is 36.4 Å². The third-order valence-corrected chi connectivity index (χ3v) is 4.97. The van der Waals surface area contributed by atoms with Gasteiger partial charge in [-0.15, -0.1) is 0 Å². The molecule has 2 aromatic heterocycles. The molecule has 0 aliphatic rings. The van der Waals surface area contributed by atoms with Crippen molar-refractivity contribution >= 4 is 39.3 Å². The van der Waals surface area contributed by atoms with E-state index in [0.29, 0.717) is 45.5 Å². The summed E-state index contributed by atoms with van der Waals surface area (Å²) in [5, 5.41) is 4.34. The second kappa shape index (κ2) is 6.70. The number of H-pyrrole nitrogens is 2. The molecule has 27 heavy (non-hydrogen) atoms. The van der Waals surface area contributed by atoms with E-state index in [1.54, 1.807) is 12.1 Å². The number of hydrogen-bond acceptors (Lipinski definition) is 1. The molecule has 2 aromatic carbocycles. The molecule has 0 aliphatic heterocycles. The Morgan fingerprint density at radius 3 is 2.78 bits per heavy atom. The molecule has 0 atom stereocenters. The number of aromatic nitrogens is 2. The minimum atomic E-state index is -0.357. The smallest absolute Gasteiger partial charge is 0.267 e. The number of carbonyl (C=O) groups is 1. The van der Waals surface area contributed by atoms with Gasteiger partial charge >= 0.3 is 0 Å². The lowest BCUT2D eigenvalue weighted by Gasteiger charge is -2.05. The lowest BCUT2D eigenvalue weighted by Crippen LogP contribution is -2.26. The van der Waals surface area contributed by atoms with E-state index in [4.69, 9.17) is 11.6 Å². The maximum absolute atomic E-state index is 14.2. The maximum atomic E-state index is 14.2. The van der Waals surface area contributed by atoms with Crippen molar-refractivity contribution in [2.24, 2.45) is 0 Å². The van der Waals surface area contributed by atoms with Gasteiger partial charge in [-0.3, -0.25) is 4.79 Å². The van der Waals surface area contributed by atoms with Gasteiger partial charge in [0, 0.05) is 28.5 Å². The van der Waals surface area contributed by atoms with Gasteiger partial charge < -0.3 is 15.3 Å². The van der Waals surface area contributed by atoms with E-state index in [1.165, 1.54) is 24.3 Å². The molecule has 138 valence electrons. The zero-order chi connectivity index (χ0) is 19.1.